The molecule has 6 amide bonds. The SMILES string of the molecule is CC(C)C[C@H](NC(=O)[C@H](CC(C)C)NC(=O)[C@H](CO)NC(=O)[C@@H](N)Cc1ccccc1)C(=O)N[C@@H](CCCN=C(N)N)C(=O)N[C@@H](CC(N)=O)C(=O)O. The van der Waals surface area contributed by atoms with Crippen LogP contribution in [0.3, 0.4) is 0 Å². The molecule has 0 saturated carbocycles. The number of nitrogens with two attached hydrogens (primary N) is 4. The molecule has 0 aromatic heterocycles. The Labute approximate surface area is 308 Å². The minimum Gasteiger partial charge on any atom is -0.480 e. The molecule has 0 aliphatic rings. The van der Waals surface area contributed by atoms with Gasteiger partial charge in [-0.15, -0.1) is 0 Å². The number of aliphatic hydroxyl groups excluding tert-OH is 1. The topological polar surface area (TPSA) is 337 Å². The second-order valence-corrected chi connectivity index (χ2v) is 13.5. The summed E-state index contributed by atoms with van der Waals surface area (Å²) in [6, 6.07) is 1.04. The smallest absolute Gasteiger partial charge is 0.326 e. The molecule has 0 heterocycles. The number of carboxylic acid groups (broad SMARTS) is 1. The highest BCUT2D eigenvalue weighted by Gasteiger charge is 2.33. The first kappa shape index (κ1) is 45.7. The average Bonchev–Trinajstić information content (AvgIpc) is 3.06. The van der Waals surface area contributed by atoms with Gasteiger partial charge in [0, 0.05) is 6.54 Å². The number of aliphatic hydroxyl groups is 1. The lowest BCUT2D eigenvalue weighted by molar-refractivity contribution is -0.143. The van der Waals surface area contributed by atoms with Crippen molar-refractivity contribution in [2.45, 2.75) is 102 Å². The van der Waals surface area contributed by atoms with Crippen LogP contribution in [0.1, 0.15) is 65.4 Å². The Kier molecular flexibility index (Phi) is 20.1. The van der Waals surface area contributed by atoms with Gasteiger partial charge in [-0.25, -0.2) is 4.79 Å². The van der Waals surface area contributed by atoms with Gasteiger partial charge in [0.25, 0.3) is 0 Å². The Morgan fingerprint density at radius 2 is 1.13 bits per heavy atom. The summed E-state index contributed by atoms with van der Waals surface area (Å²) < 4.78 is 0. The van der Waals surface area contributed by atoms with E-state index in [2.05, 4.69) is 31.6 Å². The summed E-state index contributed by atoms with van der Waals surface area (Å²) in [5.74, 6) is -7.03. The number of aliphatic carboxylic acids is 1. The number of nitrogens with zero attached hydrogens (tertiary/aromatic N) is 1. The highest BCUT2D eigenvalue weighted by molar-refractivity contribution is 5.96. The number of amides is 6. The highest BCUT2D eigenvalue weighted by atomic mass is 16.4. The second-order valence-electron chi connectivity index (χ2n) is 13.5. The van der Waals surface area contributed by atoms with E-state index in [0.29, 0.717) is 0 Å². The van der Waals surface area contributed by atoms with Gasteiger partial charge in [-0.05, 0) is 49.5 Å². The van der Waals surface area contributed by atoms with Crippen molar-refractivity contribution in [3.8, 4) is 0 Å². The molecule has 0 aliphatic heterocycles. The van der Waals surface area contributed by atoms with E-state index in [0.717, 1.165) is 5.56 Å². The van der Waals surface area contributed by atoms with Gasteiger partial charge >= 0.3 is 5.97 Å². The van der Waals surface area contributed by atoms with Crippen LogP contribution in [0.15, 0.2) is 35.3 Å². The van der Waals surface area contributed by atoms with Crippen LogP contribution in [-0.4, -0.2) is 107 Å². The lowest BCUT2D eigenvalue weighted by Crippen LogP contribution is -2.60. The number of rotatable bonds is 24. The molecule has 0 radical (unpaired) electrons. The van der Waals surface area contributed by atoms with E-state index in [1.807, 2.05) is 6.07 Å². The summed E-state index contributed by atoms with van der Waals surface area (Å²) in [6.45, 7) is 6.45. The maximum atomic E-state index is 13.7. The van der Waals surface area contributed by atoms with Gasteiger partial charge < -0.3 is 59.7 Å². The first-order valence-electron chi connectivity index (χ1n) is 17.3. The summed E-state index contributed by atoms with van der Waals surface area (Å²) in [4.78, 5) is 93.5. The minimum atomic E-state index is -1.67. The third-order valence-corrected chi connectivity index (χ3v) is 7.73. The van der Waals surface area contributed by atoms with E-state index in [-0.39, 0.29) is 56.4 Å². The van der Waals surface area contributed by atoms with E-state index in [4.69, 9.17) is 22.9 Å². The van der Waals surface area contributed by atoms with E-state index in [1.54, 1.807) is 52.0 Å². The van der Waals surface area contributed by atoms with Crippen molar-refractivity contribution in [1.82, 2.24) is 26.6 Å². The van der Waals surface area contributed by atoms with E-state index >= 15 is 0 Å². The number of carboxylic acids is 1. The van der Waals surface area contributed by atoms with Crippen molar-refractivity contribution in [3.63, 3.8) is 0 Å². The molecule has 15 N–H and O–H groups in total. The zero-order valence-electron chi connectivity index (χ0n) is 30.7. The number of carbonyl (C=O) groups excluding carboxylic acids is 6. The Bertz CT molecular complexity index is 1420. The van der Waals surface area contributed by atoms with Gasteiger partial charge in [0.2, 0.25) is 35.4 Å². The fourth-order valence-electron chi connectivity index (χ4n) is 5.10. The van der Waals surface area contributed by atoms with Crippen molar-refractivity contribution in [3.05, 3.63) is 35.9 Å². The highest BCUT2D eigenvalue weighted by Crippen LogP contribution is 2.11. The van der Waals surface area contributed by atoms with Crippen LogP contribution in [0, 0.1) is 11.8 Å². The molecular weight excluding hydrogens is 692 g/mol. The van der Waals surface area contributed by atoms with Crippen LogP contribution in [0.25, 0.3) is 0 Å². The van der Waals surface area contributed by atoms with Crippen LogP contribution in [0.4, 0.5) is 0 Å². The first-order chi connectivity index (χ1) is 24.8. The fraction of sp³-hybridized carbons (Fsp3) is 0.588. The average molecular weight is 749 g/mol. The Hall–Kier alpha value is -5.30. The molecule has 53 heavy (non-hydrogen) atoms. The molecule has 19 heteroatoms. The zero-order valence-corrected chi connectivity index (χ0v) is 30.7. The number of guanidine groups is 1. The maximum absolute atomic E-state index is 13.7. The van der Waals surface area contributed by atoms with Crippen molar-refractivity contribution in [2.75, 3.05) is 13.2 Å². The van der Waals surface area contributed by atoms with Gasteiger partial charge in [0.15, 0.2) is 5.96 Å². The van der Waals surface area contributed by atoms with Crippen LogP contribution < -0.4 is 49.5 Å². The lowest BCUT2D eigenvalue weighted by atomic mass is 9.99. The molecule has 0 bridgehead atoms. The number of hydrogen-bond donors (Lipinski definition) is 11. The fourth-order valence-corrected chi connectivity index (χ4v) is 5.10. The van der Waals surface area contributed by atoms with Crippen molar-refractivity contribution in [2.24, 2.45) is 39.8 Å². The molecule has 1 aromatic carbocycles. The molecule has 0 unspecified atom stereocenters. The van der Waals surface area contributed by atoms with Crippen molar-refractivity contribution >= 4 is 47.4 Å². The van der Waals surface area contributed by atoms with Crippen LogP contribution in [0.5, 0.6) is 0 Å². The third-order valence-electron chi connectivity index (χ3n) is 7.73. The third kappa shape index (κ3) is 18.2. The Morgan fingerprint density at radius 1 is 0.679 bits per heavy atom. The van der Waals surface area contributed by atoms with Crippen molar-refractivity contribution < 1.29 is 43.8 Å². The van der Waals surface area contributed by atoms with Gasteiger partial charge in [0.1, 0.15) is 30.2 Å². The van der Waals surface area contributed by atoms with Crippen molar-refractivity contribution in [1.29, 1.82) is 0 Å². The molecule has 0 saturated heterocycles. The van der Waals surface area contributed by atoms with Gasteiger partial charge in [-0.3, -0.25) is 33.8 Å². The minimum absolute atomic E-state index is 0.0606. The number of nitrogens with one attached hydrogen (secondary N) is 5. The number of carbonyl (C=O) groups is 7. The monoisotopic (exact) mass is 748 g/mol. The molecule has 6 atom stereocenters. The van der Waals surface area contributed by atoms with E-state index < -0.39 is 90.7 Å². The summed E-state index contributed by atoms with van der Waals surface area (Å²) in [7, 11) is 0. The van der Waals surface area contributed by atoms with E-state index in [1.165, 1.54) is 0 Å². The number of primary amides is 1. The number of aliphatic imine (C=N–C) groups is 1. The van der Waals surface area contributed by atoms with E-state index in [9.17, 15) is 43.8 Å². The normalized spacial score (nSPS) is 14.4. The largest absolute Gasteiger partial charge is 0.480 e. The summed E-state index contributed by atoms with van der Waals surface area (Å²) in [5.41, 5.74) is 22.7. The van der Waals surface area contributed by atoms with Gasteiger partial charge in [-0.2, -0.15) is 0 Å². The second kappa shape index (κ2) is 23.3. The maximum Gasteiger partial charge on any atom is 0.326 e. The summed E-state index contributed by atoms with van der Waals surface area (Å²) >= 11 is 0. The standard InChI is InChI=1S/C34H56N10O9/c1-18(2)13-23(30(49)40-22(11-8-12-39-34(37)38)29(48)43-25(33(52)53)16-27(36)46)41-31(50)24(14-19(3)4)42-32(51)26(17-45)44-28(47)21(35)15-20-9-6-5-7-10-20/h5-7,9-10,18-19,21-26,45H,8,11-17,35H2,1-4H3,(H2,36,46)(H,40,49)(H,41,50)(H,42,51)(H,43,48)(H,44,47)(H,52,53)(H4,37,38,39)/t21-,22-,23-,24-,25-,26-/m0/s1. The molecule has 0 spiro atoms. The van der Waals surface area contributed by atoms with Gasteiger partial charge in [0.05, 0.1) is 19.1 Å². The number of hydrogen-bond acceptors (Lipinski definition) is 10. The van der Waals surface area contributed by atoms with Crippen LogP contribution in [-0.2, 0) is 40.0 Å². The molecular formula is C34H56N10O9. The van der Waals surface area contributed by atoms with Gasteiger partial charge in [-0.1, -0.05) is 58.0 Å². The first-order valence-corrected chi connectivity index (χ1v) is 17.3. The zero-order chi connectivity index (χ0) is 40.2. The Balaban J connectivity index is 3.18. The Morgan fingerprint density at radius 3 is 1.58 bits per heavy atom. The predicted octanol–water partition coefficient (Wildman–Crippen LogP) is -2.92. The molecule has 19 nitrogen and oxygen atoms in total. The summed E-state index contributed by atoms with van der Waals surface area (Å²) in [5, 5.41) is 31.8. The predicted molar refractivity (Wildman–Crippen MR) is 195 cm³/mol. The molecule has 296 valence electrons. The molecule has 0 fully saturated rings. The van der Waals surface area contributed by atoms with Crippen LogP contribution in [0.2, 0.25) is 0 Å². The number of benzene rings is 1. The lowest BCUT2D eigenvalue weighted by Gasteiger charge is -2.28. The molecule has 0 aliphatic carbocycles. The molecule has 1 rings (SSSR count). The van der Waals surface area contributed by atoms with Crippen LogP contribution >= 0.6 is 0 Å². The molecule has 1 aromatic rings. The summed E-state index contributed by atoms with van der Waals surface area (Å²) in [6.07, 6.45) is -0.208. The quantitative estimate of drug-likeness (QED) is 0.0288.